The molecule has 0 saturated carbocycles. The summed E-state index contributed by atoms with van der Waals surface area (Å²) < 4.78 is 0. The third kappa shape index (κ3) is 2.41. The molecule has 1 aliphatic rings. The molecule has 1 aromatic carbocycles. The van der Waals surface area contributed by atoms with E-state index in [-0.39, 0.29) is 16.8 Å². The zero-order valence-electron chi connectivity index (χ0n) is 8.52. The average Bonchev–Trinajstić information content (AvgIpc) is 2.27. The summed E-state index contributed by atoms with van der Waals surface area (Å²) in [4.78, 5) is 24.0. The Bertz CT molecular complexity index is 408. The number of nitrogens with zero attached hydrogens (tertiary/aromatic N) is 1. The van der Waals surface area contributed by atoms with Crippen molar-refractivity contribution >= 4 is 27.9 Å². The zero-order valence-corrected chi connectivity index (χ0v) is 10.1. The highest BCUT2D eigenvalue weighted by molar-refractivity contribution is 9.10. The second-order valence-electron chi connectivity index (χ2n) is 3.63. The fraction of sp³-hybridized carbons (Fsp3) is 0.273. The van der Waals surface area contributed by atoms with Gasteiger partial charge in [-0.05, 0) is 5.56 Å². The lowest BCUT2D eigenvalue weighted by molar-refractivity contribution is -0.120. The molecule has 1 N–H and O–H groups in total. The molecule has 0 aliphatic carbocycles. The maximum atomic E-state index is 11.5. The number of rotatable bonds is 2. The first-order valence-corrected chi connectivity index (χ1v) is 5.86. The molecule has 0 bridgehead atoms. The van der Waals surface area contributed by atoms with Gasteiger partial charge in [-0.3, -0.25) is 10.1 Å². The number of halogens is 1. The number of carbonyl (C=O) groups is 2. The molecule has 1 aliphatic heterocycles. The van der Waals surface area contributed by atoms with E-state index in [0.717, 1.165) is 5.56 Å². The molecule has 4 nitrogen and oxygen atoms in total. The molecule has 84 valence electrons. The first-order chi connectivity index (χ1) is 7.66. The van der Waals surface area contributed by atoms with E-state index in [4.69, 9.17) is 0 Å². The summed E-state index contributed by atoms with van der Waals surface area (Å²) in [5.74, 6) is -0.269. The summed E-state index contributed by atoms with van der Waals surface area (Å²) in [5.41, 5.74) is 1.05. The van der Waals surface area contributed by atoms with Crippen molar-refractivity contribution in [2.75, 3.05) is 6.54 Å². The molecule has 0 unspecified atom stereocenters. The van der Waals surface area contributed by atoms with Crippen LogP contribution in [0.25, 0.3) is 0 Å². The van der Waals surface area contributed by atoms with Gasteiger partial charge in [-0.15, -0.1) is 0 Å². The number of imide groups is 1. The standard InChI is InChI=1S/C11H11BrN2O2/c12-9-7-14(11(16)13-10(9)15)6-8-4-2-1-3-5-8/h1-5,9H,6-7H2,(H,13,15,16)/t9-/m1/s1. The van der Waals surface area contributed by atoms with Crippen molar-refractivity contribution in [3.8, 4) is 0 Å². The van der Waals surface area contributed by atoms with E-state index in [9.17, 15) is 9.59 Å². The Hall–Kier alpha value is -1.36. The van der Waals surface area contributed by atoms with E-state index in [1.54, 1.807) is 4.90 Å². The molecule has 0 aromatic heterocycles. The summed E-state index contributed by atoms with van der Waals surface area (Å²) >= 11 is 3.23. The summed E-state index contributed by atoms with van der Waals surface area (Å²) in [6.45, 7) is 0.918. The zero-order chi connectivity index (χ0) is 11.5. The van der Waals surface area contributed by atoms with Crippen molar-refractivity contribution in [3.05, 3.63) is 35.9 Å². The van der Waals surface area contributed by atoms with Crippen molar-refractivity contribution in [2.45, 2.75) is 11.4 Å². The Morgan fingerprint density at radius 1 is 1.31 bits per heavy atom. The molecule has 1 atom stereocenters. The number of carbonyl (C=O) groups excluding carboxylic acids is 2. The second-order valence-corrected chi connectivity index (χ2v) is 4.73. The lowest BCUT2D eigenvalue weighted by Gasteiger charge is -2.29. The highest BCUT2D eigenvalue weighted by atomic mass is 79.9. The van der Waals surface area contributed by atoms with Crippen LogP contribution in [0, 0.1) is 0 Å². The largest absolute Gasteiger partial charge is 0.324 e. The minimum Gasteiger partial charge on any atom is -0.318 e. The monoisotopic (exact) mass is 282 g/mol. The fourth-order valence-corrected chi connectivity index (χ4v) is 2.03. The van der Waals surface area contributed by atoms with Crippen LogP contribution in [0.1, 0.15) is 5.56 Å². The molecule has 5 heteroatoms. The van der Waals surface area contributed by atoms with Gasteiger partial charge in [0.05, 0.1) is 0 Å². The Labute approximate surface area is 102 Å². The molecule has 0 spiro atoms. The minimum absolute atomic E-state index is 0.269. The predicted octanol–water partition coefficient (Wildman–Crippen LogP) is 1.50. The van der Waals surface area contributed by atoms with E-state index in [1.807, 2.05) is 30.3 Å². The third-order valence-corrected chi connectivity index (χ3v) is 3.10. The van der Waals surface area contributed by atoms with Gasteiger partial charge in [0.15, 0.2) is 0 Å². The van der Waals surface area contributed by atoms with Gasteiger partial charge < -0.3 is 4.90 Å². The maximum Gasteiger partial charge on any atom is 0.324 e. The van der Waals surface area contributed by atoms with Gasteiger partial charge in [-0.1, -0.05) is 46.3 Å². The third-order valence-electron chi connectivity index (χ3n) is 2.40. The summed E-state index contributed by atoms with van der Waals surface area (Å²) in [7, 11) is 0. The van der Waals surface area contributed by atoms with Gasteiger partial charge in [-0.2, -0.15) is 0 Å². The molecule has 1 saturated heterocycles. The number of benzene rings is 1. The number of hydrogen-bond acceptors (Lipinski definition) is 2. The predicted molar refractivity (Wildman–Crippen MR) is 63.1 cm³/mol. The van der Waals surface area contributed by atoms with Crippen LogP contribution in [0.15, 0.2) is 30.3 Å². The van der Waals surface area contributed by atoms with Crippen molar-refractivity contribution in [3.63, 3.8) is 0 Å². The average molecular weight is 283 g/mol. The molecular weight excluding hydrogens is 272 g/mol. The van der Waals surface area contributed by atoms with Crippen molar-refractivity contribution in [1.29, 1.82) is 0 Å². The summed E-state index contributed by atoms with van der Waals surface area (Å²) in [6, 6.07) is 9.35. The maximum absolute atomic E-state index is 11.5. The Morgan fingerprint density at radius 2 is 2.00 bits per heavy atom. The van der Waals surface area contributed by atoms with Crippen LogP contribution in [0.4, 0.5) is 4.79 Å². The molecule has 1 aromatic rings. The van der Waals surface area contributed by atoms with Gasteiger partial charge in [0.1, 0.15) is 4.83 Å². The van der Waals surface area contributed by atoms with Gasteiger partial charge in [0, 0.05) is 13.1 Å². The van der Waals surface area contributed by atoms with Gasteiger partial charge in [0.25, 0.3) is 0 Å². The number of hydrogen-bond donors (Lipinski definition) is 1. The topological polar surface area (TPSA) is 49.4 Å². The molecule has 1 heterocycles. The lowest BCUT2D eigenvalue weighted by atomic mass is 10.2. The normalized spacial score (nSPS) is 20.8. The molecule has 3 amide bonds. The Balaban J connectivity index is 2.05. The first kappa shape index (κ1) is 11.1. The van der Waals surface area contributed by atoms with E-state index in [2.05, 4.69) is 21.2 Å². The SMILES string of the molecule is O=C1NC(=O)N(Cc2ccccc2)C[C@H]1Br. The Morgan fingerprint density at radius 3 is 2.69 bits per heavy atom. The molecule has 2 rings (SSSR count). The Kier molecular flexibility index (Phi) is 3.24. The van der Waals surface area contributed by atoms with Gasteiger partial charge >= 0.3 is 6.03 Å². The fourth-order valence-electron chi connectivity index (χ4n) is 1.56. The van der Waals surface area contributed by atoms with Crippen LogP contribution in [0.2, 0.25) is 0 Å². The summed E-state index contributed by atoms with van der Waals surface area (Å²) in [5, 5.41) is 2.30. The summed E-state index contributed by atoms with van der Waals surface area (Å²) in [6.07, 6.45) is 0. The molecular formula is C11H11BrN2O2. The quantitative estimate of drug-likeness (QED) is 0.836. The molecule has 1 fully saturated rings. The number of urea groups is 1. The number of amides is 3. The van der Waals surface area contributed by atoms with Crippen LogP contribution >= 0.6 is 15.9 Å². The highest BCUT2D eigenvalue weighted by Gasteiger charge is 2.29. The van der Waals surface area contributed by atoms with Crippen molar-refractivity contribution in [1.82, 2.24) is 10.2 Å². The van der Waals surface area contributed by atoms with E-state index in [1.165, 1.54) is 0 Å². The second kappa shape index (κ2) is 4.65. The van der Waals surface area contributed by atoms with E-state index < -0.39 is 0 Å². The minimum atomic E-state index is -0.329. The lowest BCUT2D eigenvalue weighted by Crippen LogP contribution is -2.54. The number of nitrogens with one attached hydrogen (secondary N) is 1. The van der Waals surface area contributed by atoms with Crippen molar-refractivity contribution < 1.29 is 9.59 Å². The van der Waals surface area contributed by atoms with Crippen molar-refractivity contribution in [2.24, 2.45) is 0 Å². The van der Waals surface area contributed by atoms with Crippen LogP contribution in [0.5, 0.6) is 0 Å². The first-order valence-electron chi connectivity index (χ1n) is 4.94. The van der Waals surface area contributed by atoms with E-state index in [0.29, 0.717) is 13.1 Å². The number of alkyl halides is 1. The van der Waals surface area contributed by atoms with Crippen LogP contribution < -0.4 is 5.32 Å². The molecule has 16 heavy (non-hydrogen) atoms. The highest BCUT2D eigenvalue weighted by Crippen LogP contribution is 2.12. The molecule has 0 radical (unpaired) electrons. The van der Waals surface area contributed by atoms with Crippen LogP contribution in [-0.4, -0.2) is 28.2 Å². The van der Waals surface area contributed by atoms with Gasteiger partial charge in [-0.25, -0.2) is 4.79 Å². The van der Waals surface area contributed by atoms with Crippen LogP contribution in [-0.2, 0) is 11.3 Å². The smallest absolute Gasteiger partial charge is 0.318 e. The van der Waals surface area contributed by atoms with Gasteiger partial charge in [0.2, 0.25) is 5.91 Å². The van der Waals surface area contributed by atoms with Crippen LogP contribution in [0.3, 0.4) is 0 Å². The van der Waals surface area contributed by atoms with E-state index >= 15 is 0 Å².